The first kappa shape index (κ1) is 10.0. The number of hydrogen-bond donors (Lipinski definition) is 1. The fourth-order valence-electron chi connectivity index (χ4n) is 1.13. The zero-order valence-corrected chi connectivity index (χ0v) is 9.48. The number of anilines is 1. The SMILES string of the molecule is Brc1cnccc1NCc1ccncn1. The minimum atomic E-state index is 0.672. The van der Waals surface area contributed by atoms with Crippen molar-refractivity contribution in [2.45, 2.75) is 6.54 Å². The first-order valence-corrected chi connectivity index (χ1v) is 5.24. The van der Waals surface area contributed by atoms with Crippen molar-refractivity contribution < 1.29 is 0 Å². The highest BCUT2D eigenvalue weighted by Gasteiger charge is 1.98. The molecule has 76 valence electrons. The summed E-state index contributed by atoms with van der Waals surface area (Å²) in [5.74, 6) is 0. The molecule has 15 heavy (non-hydrogen) atoms. The van der Waals surface area contributed by atoms with E-state index < -0.39 is 0 Å². The molecule has 0 unspecified atom stereocenters. The monoisotopic (exact) mass is 264 g/mol. The van der Waals surface area contributed by atoms with Crippen LogP contribution < -0.4 is 5.32 Å². The van der Waals surface area contributed by atoms with Crippen LogP contribution in [0.1, 0.15) is 5.69 Å². The van der Waals surface area contributed by atoms with Gasteiger partial charge in [-0.1, -0.05) is 0 Å². The van der Waals surface area contributed by atoms with Crippen molar-refractivity contribution in [2.24, 2.45) is 0 Å². The number of hydrogen-bond acceptors (Lipinski definition) is 4. The number of pyridine rings is 1. The molecule has 0 spiro atoms. The Kier molecular flexibility index (Phi) is 3.24. The maximum Gasteiger partial charge on any atom is 0.115 e. The number of nitrogens with one attached hydrogen (secondary N) is 1. The number of nitrogens with zero attached hydrogens (tertiary/aromatic N) is 3. The molecule has 1 N–H and O–H groups in total. The summed E-state index contributed by atoms with van der Waals surface area (Å²) in [5, 5.41) is 3.25. The lowest BCUT2D eigenvalue weighted by Gasteiger charge is -2.06. The summed E-state index contributed by atoms with van der Waals surface area (Å²) >= 11 is 3.41. The molecule has 0 aliphatic carbocycles. The van der Waals surface area contributed by atoms with E-state index in [0.717, 1.165) is 15.9 Å². The van der Waals surface area contributed by atoms with Crippen molar-refractivity contribution in [3.8, 4) is 0 Å². The third-order valence-electron chi connectivity index (χ3n) is 1.88. The van der Waals surface area contributed by atoms with Crippen LogP contribution in [0.25, 0.3) is 0 Å². The van der Waals surface area contributed by atoms with Gasteiger partial charge in [0.05, 0.1) is 22.4 Å². The average molecular weight is 265 g/mol. The van der Waals surface area contributed by atoms with Gasteiger partial charge in [-0.05, 0) is 28.1 Å². The van der Waals surface area contributed by atoms with Crippen molar-refractivity contribution in [1.82, 2.24) is 15.0 Å². The molecule has 5 heteroatoms. The quantitative estimate of drug-likeness (QED) is 0.924. The molecule has 0 amide bonds. The Morgan fingerprint density at radius 1 is 1.20 bits per heavy atom. The third-order valence-corrected chi connectivity index (χ3v) is 2.51. The molecular formula is C10H9BrN4. The van der Waals surface area contributed by atoms with E-state index in [-0.39, 0.29) is 0 Å². The largest absolute Gasteiger partial charge is 0.378 e. The second kappa shape index (κ2) is 4.84. The van der Waals surface area contributed by atoms with Crippen LogP contribution in [0, 0.1) is 0 Å². The third kappa shape index (κ3) is 2.73. The van der Waals surface area contributed by atoms with Gasteiger partial charge in [0.2, 0.25) is 0 Å². The van der Waals surface area contributed by atoms with Gasteiger partial charge in [-0.3, -0.25) is 4.98 Å². The van der Waals surface area contributed by atoms with E-state index in [0.29, 0.717) is 6.54 Å². The molecule has 0 fully saturated rings. The van der Waals surface area contributed by atoms with Crippen molar-refractivity contribution in [3.05, 3.63) is 47.2 Å². The van der Waals surface area contributed by atoms with E-state index in [2.05, 4.69) is 36.2 Å². The molecular weight excluding hydrogens is 256 g/mol. The van der Waals surface area contributed by atoms with Gasteiger partial charge in [0, 0.05) is 18.6 Å². The second-order valence-corrected chi connectivity index (χ2v) is 3.76. The molecule has 2 heterocycles. The number of aromatic nitrogens is 3. The van der Waals surface area contributed by atoms with Gasteiger partial charge in [0.15, 0.2) is 0 Å². The van der Waals surface area contributed by atoms with Crippen molar-refractivity contribution >= 4 is 21.6 Å². The lowest BCUT2D eigenvalue weighted by molar-refractivity contribution is 1.00. The maximum atomic E-state index is 4.12. The number of rotatable bonds is 3. The van der Waals surface area contributed by atoms with Crippen molar-refractivity contribution in [1.29, 1.82) is 0 Å². The molecule has 0 bridgehead atoms. The van der Waals surface area contributed by atoms with Gasteiger partial charge >= 0.3 is 0 Å². The van der Waals surface area contributed by atoms with E-state index in [9.17, 15) is 0 Å². The highest BCUT2D eigenvalue weighted by molar-refractivity contribution is 9.10. The van der Waals surface area contributed by atoms with Crippen molar-refractivity contribution in [3.63, 3.8) is 0 Å². The standard InChI is InChI=1S/C10H9BrN4/c11-9-6-12-4-2-10(9)14-5-8-1-3-13-7-15-8/h1-4,6-7H,5H2,(H,12,14). The van der Waals surface area contributed by atoms with Crippen LogP contribution in [0.15, 0.2) is 41.5 Å². The van der Waals surface area contributed by atoms with E-state index in [1.54, 1.807) is 24.9 Å². The highest BCUT2D eigenvalue weighted by Crippen LogP contribution is 2.20. The van der Waals surface area contributed by atoms with E-state index in [1.165, 1.54) is 0 Å². The molecule has 2 rings (SSSR count). The zero-order chi connectivity index (χ0) is 10.5. The molecule has 4 nitrogen and oxygen atoms in total. The summed E-state index contributed by atoms with van der Waals surface area (Å²) in [6.45, 7) is 0.672. The lowest BCUT2D eigenvalue weighted by atomic mass is 10.3. The normalized spacial score (nSPS) is 9.93. The van der Waals surface area contributed by atoms with E-state index in [4.69, 9.17) is 0 Å². The van der Waals surface area contributed by atoms with Crippen LogP contribution in [-0.2, 0) is 6.54 Å². The average Bonchev–Trinajstić information content (AvgIpc) is 2.29. The van der Waals surface area contributed by atoms with Gasteiger partial charge in [-0.25, -0.2) is 9.97 Å². The summed E-state index contributed by atoms with van der Waals surface area (Å²) in [6, 6.07) is 3.79. The van der Waals surface area contributed by atoms with Gasteiger partial charge < -0.3 is 5.32 Å². The molecule has 0 aromatic carbocycles. The highest BCUT2D eigenvalue weighted by atomic mass is 79.9. The van der Waals surface area contributed by atoms with Crippen LogP contribution in [0.2, 0.25) is 0 Å². The molecule has 2 aromatic heterocycles. The van der Waals surface area contributed by atoms with Gasteiger partial charge in [0.25, 0.3) is 0 Å². The summed E-state index contributed by atoms with van der Waals surface area (Å²) in [6.07, 6.45) is 6.76. The van der Waals surface area contributed by atoms with Crippen LogP contribution in [0.4, 0.5) is 5.69 Å². The summed E-state index contributed by atoms with van der Waals surface area (Å²) in [4.78, 5) is 12.0. The smallest absolute Gasteiger partial charge is 0.115 e. The number of halogens is 1. The predicted octanol–water partition coefficient (Wildman–Crippen LogP) is 2.25. The topological polar surface area (TPSA) is 50.7 Å². The second-order valence-electron chi connectivity index (χ2n) is 2.91. The van der Waals surface area contributed by atoms with Gasteiger partial charge in [-0.15, -0.1) is 0 Å². The summed E-state index contributed by atoms with van der Waals surface area (Å²) in [7, 11) is 0. The first-order valence-electron chi connectivity index (χ1n) is 4.44. The van der Waals surface area contributed by atoms with E-state index >= 15 is 0 Å². The minimum absolute atomic E-state index is 0.672. The Hall–Kier alpha value is -1.49. The molecule has 0 saturated carbocycles. The van der Waals surface area contributed by atoms with Crippen LogP contribution >= 0.6 is 15.9 Å². The minimum Gasteiger partial charge on any atom is -0.378 e. The lowest BCUT2D eigenvalue weighted by Crippen LogP contribution is -2.02. The zero-order valence-electron chi connectivity index (χ0n) is 7.89. The van der Waals surface area contributed by atoms with Gasteiger partial charge in [0.1, 0.15) is 6.33 Å². The molecule has 0 saturated heterocycles. The fraction of sp³-hybridized carbons (Fsp3) is 0.100. The van der Waals surface area contributed by atoms with Crippen molar-refractivity contribution in [2.75, 3.05) is 5.32 Å². The Bertz CT molecular complexity index is 432. The molecule has 2 aromatic rings. The maximum absolute atomic E-state index is 4.12. The first-order chi connectivity index (χ1) is 7.36. The Morgan fingerprint density at radius 2 is 2.07 bits per heavy atom. The summed E-state index contributed by atoms with van der Waals surface area (Å²) < 4.78 is 0.944. The van der Waals surface area contributed by atoms with E-state index in [1.807, 2.05) is 12.1 Å². The van der Waals surface area contributed by atoms with Crippen LogP contribution in [0.3, 0.4) is 0 Å². The van der Waals surface area contributed by atoms with Gasteiger partial charge in [-0.2, -0.15) is 0 Å². The predicted molar refractivity (Wildman–Crippen MR) is 61.3 cm³/mol. The molecule has 0 aliphatic heterocycles. The fourth-order valence-corrected chi connectivity index (χ4v) is 1.52. The molecule has 0 radical (unpaired) electrons. The van der Waals surface area contributed by atoms with Crippen LogP contribution in [0.5, 0.6) is 0 Å². The van der Waals surface area contributed by atoms with Crippen LogP contribution in [-0.4, -0.2) is 15.0 Å². The Labute approximate surface area is 95.9 Å². The molecule has 0 atom stereocenters. The Morgan fingerprint density at radius 3 is 2.80 bits per heavy atom. The summed E-state index contributed by atoms with van der Waals surface area (Å²) in [5.41, 5.74) is 1.96. The molecule has 0 aliphatic rings. The Balaban J connectivity index is 2.03.